The highest BCUT2D eigenvalue weighted by molar-refractivity contribution is 7.89. The molecule has 2 rings (SSSR count). The smallest absolute Gasteiger partial charge is 0.246 e. The second-order valence-corrected chi connectivity index (χ2v) is 5.95. The predicted molar refractivity (Wildman–Crippen MR) is 62.0 cm³/mol. The number of ether oxygens (including phenoxy) is 1. The van der Waals surface area contributed by atoms with Gasteiger partial charge in [0.2, 0.25) is 10.0 Å². The summed E-state index contributed by atoms with van der Waals surface area (Å²) in [5.41, 5.74) is 0. The van der Waals surface area contributed by atoms with Crippen LogP contribution in [0.1, 0.15) is 19.8 Å². The lowest BCUT2D eigenvalue weighted by atomic mass is 10.1. The van der Waals surface area contributed by atoms with Gasteiger partial charge in [0, 0.05) is 25.9 Å². The molecular formula is C10H17N3O3S. The number of hydrogen-bond acceptors (Lipinski definition) is 4. The van der Waals surface area contributed by atoms with E-state index in [1.807, 2.05) is 6.92 Å². The number of rotatable bonds is 4. The zero-order valence-corrected chi connectivity index (χ0v) is 10.6. The van der Waals surface area contributed by atoms with Gasteiger partial charge in [-0.3, -0.25) is 5.10 Å². The highest BCUT2D eigenvalue weighted by atomic mass is 32.2. The maximum atomic E-state index is 12.2. The highest BCUT2D eigenvalue weighted by Crippen LogP contribution is 2.21. The van der Waals surface area contributed by atoms with E-state index in [4.69, 9.17) is 4.74 Å². The third-order valence-corrected chi connectivity index (χ3v) is 4.68. The van der Waals surface area contributed by atoms with Gasteiger partial charge in [-0.1, -0.05) is 0 Å². The first-order valence-corrected chi connectivity index (χ1v) is 7.19. The van der Waals surface area contributed by atoms with Crippen molar-refractivity contribution in [3.05, 3.63) is 12.4 Å². The summed E-state index contributed by atoms with van der Waals surface area (Å²) in [5.74, 6) is 0. The maximum Gasteiger partial charge on any atom is 0.246 e. The molecule has 0 aromatic carbocycles. The summed E-state index contributed by atoms with van der Waals surface area (Å²) in [6.07, 6.45) is 4.50. The van der Waals surface area contributed by atoms with Gasteiger partial charge in [0.25, 0.3) is 0 Å². The Morgan fingerprint density at radius 1 is 1.65 bits per heavy atom. The molecule has 0 saturated carbocycles. The van der Waals surface area contributed by atoms with Gasteiger partial charge in [-0.05, 0) is 19.8 Å². The van der Waals surface area contributed by atoms with Crippen molar-refractivity contribution in [1.29, 1.82) is 0 Å². The molecule has 1 aromatic rings. The van der Waals surface area contributed by atoms with Crippen molar-refractivity contribution >= 4 is 10.0 Å². The minimum absolute atomic E-state index is 0.00965. The molecule has 1 atom stereocenters. The molecule has 0 radical (unpaired) electrons. The number of sulfonamides is 1. The van der Waals surface area contributed by atoms with E-state index in [0.29, 0.717) is 19.7 Å². The van der Waals surface area contributed by atoms with Crippen LogP contribution in [0.2, 0.25) is 0 Å². The molecule has 1 fully saturated rings. The van der Waals surface area contributed by atoms with E-state index in [1.165, 1.54) is 16.7 Å². The van der Waals surface area contributed by atoms with E-state index in [0.717, 1.165) is 12.8 Å². The molecule has 7 heteroatoms. The molecule has 1 aliphatic rings. The van der Waals surface area contributed by atoms with Gasteiger partial charge in [-0.25, -0.2) is 8.42 Å². The van der Waals surface area contributed by atoms with Crippen LogP contribution >= 0.6 is 0 Å². The summed E-state index contributed by atoms with van der Waals surface area (Å²) in [6.45, 7) is 3.52. The zero-order valence-electron chi connectivity index (χ0n) is 9.80. The van der Waals surface area contributed by atoms with E-state index in [-0.39, 0.29) is 11.0 Å². The third-order valence-electron chi connectivity index (χ3n) is 2.85. The minimum Gasteiger partial charge on any atom is -0.377 e. The molecule has 0 spiro atoms. The number of hydrogen-bond donors (Lipinski definition) is 1. The van der Waals surface area contributed by atoms with Gasteiger partial charge in [0.1, 0.15) is 4.90 Å². The lowest BCUT2D eigenvalue weighted by molar-refractivity contribution is 0.0265. The molecule has 0 aliphatic carbocycles. The van der Waals surface area contributed by atoms with E-state index in [1.54, 1.807) is 0 Å². The number of nitrogens with one attached hydrogen (secondary N) is 1. The van der Waals surface area contributed by atoms with E-state index in [9.17, 15) is 8.42 Å². The average molecular weight is 259 g/mol. The topological polar surface area (TPSA) is 75.3 Å². The summed E-state index contributed by atoms with van der Waals surface area (Å²) in [6, 6.07) is 0. The van der Waals surface area contributed by atoms with Crippen molar-refractivity contribution < 1.29 is 13.2 Å². The molecular weight excluding hydrogens is 242 g/mol. The Labute approximate surface area is 101 Å². The molecule has 0 bridgehead atoms. The Morgan fingerprint density at radius 3 is 3.12 bits per heavy atom. The average Bonchev–Trinajstić information content (AvgIpc) is 2.84. The molecule has 0 amide bonds. The summed E-state index contributed by atoms with van der Waals surface area (Å²) in [7, 11) is -3.41. The summed E-state index contributed by atoms with van der Waals surface area (Å²) < 4.78 is 31.4. The van der Waals surface area contributed by atoms with Crippen LogP contribution < -0.4 is 0 Å². The molecule has 1 N–H and O–H groups in total. The van der Waals surface area contributed by atoms with Crippen LogP contribution in [0.3, 0.4) is 0 Å². The van der Waals surface area contributed by atoms with Gasteiger partial charge in [0.15, 0.2) is 0 Å². The highest BCUT2D eigenvalue weighted by Gasteiger charge is 2.30. The van der Waals surface area contributed by atoms with Crippen LogP contribution in [0, 0.1) is 0 Å². The maximum absolute atomic E-state index is 12.2. The first-order valence-electron chi connectivity index (χ1n) is 5.75. The molecule has 1 aromatic heterocycles. The molecule has 1 unspecified atom stereocenters. The van der Waals surface area contributed by atoms with Crippen LogP contribution in [0.5, 0.6) is 0 Å². The monoisotopic (exact) mass is 259 g/mol. The largest absolute Gasteiger partial charge is 0.377 e. The predicted octanol–water partition coefficient (Wildman–Crippen LogP) is 0.599. The van der Waals surface area contributed by atoms with E-state index in [2.05, 4.69) is 10.2 Å². The van der Waals surface area contributed by atoms with Crippen molar-refractivity contribution in [1.82, 2.24) is 14.5 Å². The van der Waals surface area contributed by atoms with E-state index < -0.39 is 10.0 Å². The first kappa shape index (κ1) is 12.5. The van der Waals surface area contributed by atoms with Gasteiger partial charge in [-0.15, -0.1) is 0 Å². The lowest BCUT2D eigenvalue weighted by Crippen LogP contribution is -2.43. The van der Waals surface area contributed by atoms with Gasteiger partial charge < -0.3 is 4.74 Å². The third kappa shape index (κ3) is 2.67. The number of nitrogens with zero attached hydrogens (tertiary/aromatic N) is 2. The molecule has 96 valence electrons. The van der Waals surface area contributed by atoms with Crippen molar-refractivity contribution in [3.8, 4) is 0 Å². The quantitative estimate of drug-likeness (QED) is 0.859. The molecule has 2 heterocycles. The summed E-state index contributed by atoms with van der Waals surface area (Å²) in [5, 5.41) is 6.20. The molecule has 17 heavy (non-hydrogen) atoms. The Balaban J connectivity index is 2.12. The second-order valence-electron chi connectivity index (χ2n) is 4.02. The standard InChI is InChI=1S/C10H17N3O3S/c1-2-16-9-4-3-5-13(8-9)17(14,15)10-6-11-12-7-10/h6-7,9H,2-5,8H2,1H3,(H,11,12). The van der Waals surface area contributed by atoms with Gasteiger partial charge in [-0.2, -0.15) is 9.40 Å². The minimum atomic E-state index is -3.41. The van der Waals surface area contributed by atoms with Gasteiger partial charge in [0.05, 0.1) is 12.3 Å². The molecule has 1 aliphatic heterocycles. The normalized spacial score (nSPS) is 22.8. The fourth-order valence-electron chi connectivity index (χ4n) is 2.02. The van der Waals surface area contributed by atoms with Crippen LogP contribution in [0.15, 0.2) is 17.3 Å². The Bertz CT molecular complexity index is 441. The molecule has 6 nitrogen and oxygen atoms in total. The van der Waals surface area contributed by atoms with E-state index >= 15 is 0 Å². The second kappa shape index (κ2) is 5.16. The molecule has 1 saturated heterocycles. The zero-order chi connectivity index (χ0) is 12.3. The number of aromatic nitrogens is 2. The SMILES string of the molecule is CCOC1CCCN(S(=O)(=O)c2cn[nH]c2)C1. The lowest BCUT2D eigenvalue weighted by Gasteiger charge is -2.31. The summed E-state index contributed by atoms with van der Waals surface area (Å²) >= 11 is 0. The fraction of sp³-hybridized carbons (Fsp3) is 0.700. The Kier molecular flexibility index (Phi) is 3.80. The van der Waals surface area contributed by atoms with Crippen molar-refractivity contribution in [3.63, 3.8) is 0 Å². The van der Waals surface area contributed by atoms with Crippen molar-refractivity contribution in [2.24, 2.45) is 0 Å². The van der Waals surface area contributed by atoms with Crippen LogP contribution in [0.25, 0.3) is 0 Å². The number of piperidine rings is 1. The van der Waals surface area contributed by atoms with Crippen molar-refractivity contribution in [2.75, 3.05) is 19.7 Å². The first-order chi connectivity index (χ1) is 8.14. The van der Waals surface area contributed by atoms with Gasteiger partial charge >= 0.3 is 0 Å². The van der Waals surface area contributed by atoms with Crippen LogP contribution in [-0.4, -0.2) is 48.7 Å². The van der Waals surface area contributed by atoms with Crippen molar-refractivity contribution in [2.45, 2.75) is 30.8 Å². The van der Waals surface area contributed by atoms with Crippen LogP contribution in [-0.2, 0) is 14.8 Å². The fourth-order valence-corrected chi connectivity index (χ4v) is 3.44. The van der Waals surface area contributed by atoms with Crippen LogP contribution in [0.4, 0.5) is 0 Å². The number of H-pyrrole nitrogens is 1. The summed E-state index contributed by atoms with van der Waals surface area (Å²) in [4.78, 5) is 0.217. The number of aromatic amines is 1. The Morgan fingerprint density at radius 2 is 2.47 bits per heavy atom. The Hall–Kier alpha value is -0.920.